The summed E-state index contributed by atoms with van der Waals surface area (Å²) in [5.41, 5.74) is 3.64. The summed E-state index contributed by atoms with van der Waals surface area (Å²) in [4.78, 5) is 30.2. The molecule has 0 spiro atoms. The van der Waals surface area contributed by atoms with Crippen molar-refractivity contribution in [3.63, 3.8) is 0 Å². The van der Waals surface area contributed by atoms with Crippen LogP contribution < -0.4 is 0 Å². The molecule has 0 radical (unpaired) electrons. The van der Waals surface area contributed by atoms with Gasteiger partial charge in [-0.1, -0.05) is 78.9 Å². The van der Waals surface area contributed by atoms with E-state index in [9.17, 15) is 9.59 Å². The SMILES string of the molecule is O=C(c1ccc(-c2ccccc2)cc1)N1CCCN(C(=O)c2cccc3ccccc23)CC1. The highest BCUT2D eigenvalue weighted by Crippen LogP contribution is 2.22. The van der Waals surface area contributed by atoms with Gasteiger partial charge in [-0.25, -0.2) is 0 Å². The fourth-order valence-corrected chi connectivity index (χ4v) is 4.52. The van der Waals surface area contributed by atoms with Crippen LogP contribution in [0.25, 0.3) is 21.9 Å². The van der Waals surface area contributed by atoms with Crippen LogP contribution in [0.15, 0.2) is 97.1 Å². The van der Waals surface area contributed by atoms with Crippen molar-refractivity contribution in [1.82, 2.24) is 9.80 Å². The van der Waals surface area contributed by atoms with Crippen molar-refractivity contribution >= 4 is 22.6 Å². The molecule has 0 saturated carbocycles. The predicted molar refractivity (Wildman–Crippen MR) is 132 cm³/mol. The summed E-state index contributed by atoms with van der Waals surface area (Å²) in [6, 6.07) is 31.8. The molecular formula is C29H26N2O2. The molecule has 33 heavy (non-hydrogen) atoms. The second kappa shape index (κ2) is 9.29. The zero-order chi connectivity index (χ0) is 22.6. The maximum atomic E-state index is 13.3. The van der Waals surface area contributed by atoms with E-state index in [0.717, 1.165) is 33.9 Å². The lowest BCUT2D eigenvalue weighted by molar-refractivity contribution is 0.0719. The summed E-state index contributed by atoms with van der Waals surface area (Å²) >= 11 is 0. The minimum atomic E-state index is 0.0223. The van der Waals surface area contributed by atoms with Crippen molar-refractivity contribution in [1.29, 1.82) is 0 Å². The molecule has 4 aromatic carbocycles. The van der Waals surface area contributed by atoms with E-state index in [4.69, 9.17) is 0 Å². The molecule has 1 heterocycles. The van der Waals surface area contributed by atoms with Crippen LogP contribution in [0.1, 0.15) is 27.1 Å². The molecule has 4 nitrogen and oxygen atoms in total. The van der Waals surface area contributed by atoms with Gasteiger partial charge in [0.15, 0.2) is 0 Å². The van der Waals surface area contributed by atoms with Gasteiger partial charge in [0.05, 0.1) is 0 Å². The van der Waals surface area contributed by atoms with Gasteiger partial charge in [0.1, 0.15) is 0 Å². The fourth-order valence-electron chi connectivity index (χ4n) is 4.52. The molecule has 1 aliphatic rings. The van der Waals surface area contributed by atoms with E-state index in [1.165, 1.54) is 0 Å². The zero-order valence-electron chi connectivity index (χ0n) is 18.5. The van der Waals surface area contributed by atoms with E-state index in [-0.39, 0.29) is 11.8 Å². The average molecular weight is 435 g/mol. The Morgan fingerprint density at radius 1 is 0.545 bits per heavy atom. The molecule has 1 aliphatic heterocycles. The first kappa shape index (κ1) is 21.0. The van der Waals surface area contributed by atoms with Crippen LogP contribution in [0.2, 0.25) is 0 Å². The molecule has 4 heteroatoms. The second-order valence-corrected chi connectivity index (χ2v) is 8.41. The molecule has 1 saturated heterocycles. The molecule has 0 N–H and O–H groups in total. The molecule has 164 valence electrons. The summed E-state index contributed by atoms with van der Waals surface area (Å²) in [6.07, 6.45) is 0.768. The number of amides is 2. The fraction of sp³-hybridized carbons (Fsp3) is 0.172. The van der Waals surface area contributed by atoms with Gasteiger partial charge < -0.3 is 9.80 Å². The van der Waals surface area contributed by atoms with Crippen LogP contribution in [0.5, 0.6) is 0 Å². The largest absolute Gasteiger partial charge is 0.337 e. The summed E-state index contributed by atoms with van der Waals surface area (Å²) in [7, 11) is 0. The number of carbonyl (C=O) groups is 2. The molecule has 0 atom stereocenters. The Morgan fingerprint density at radius 2 is 1.15 bits per heavy atom. The third-order valence-electron chi connectivity index (χ3n) is 6.33. The van der Waals surface area contributed by atoms with Gasteiger partial charge in [-0.05, 0) is 46.5 Å². The minimum Gasteiger partial charge on any atom is -0.337 e. The van der Waals surface area contributed by atoms with Gasteiger partial charge in [0.2, 0.25) is 0 Å². The van der Waals surface area contributed by atoms with Crippen molar-refractivity contribution in [2.24, 2.45) is 0 Å². The van der Waals surface area contributed by atoms with Crippen molar-refractivity contribution in [2.75, 3.05) is 26.2 Å². The minimum absolute atomic E-state index is 0.0223. The molecule has 0 aliphatic carbocycles. The van der Waals surface area contributed by atoms with Gasteiger partial charge in [-0.3, -0.25) is 9.59 Å². The highest BCUT2D eigenvalue weighted by atomic mass is 16.2. The third kappa shape index (κ3) is 4.37. The lowest BCUT2D eigenvalue weighted by Crippen LogP contribution is -2.37. The van der Waals surface area contributed by atoms with E-state index in [1.807, 2.05) is 94.7 Å². The predicted octanol–water partition coefficient (Wildman–Crippen LogP) is 5.50. The third-order valence-corrected chi connectivity index (χ3v) is 6.33. The van der Waals surface area contributed by atoms with Gasteiger partial charge in [-0.2, -0.15) is 0 Å². The summed E-state index contributed by atoms with van der Waals surface area (Å²) in [5.74, 6) is 0.0578. The smallest absolute Gasteiger partial charge is 0.254 e. The van der Waals surface area contributed by atoms with Gasteiger partial charge >= 0.3 is 0 Å². The van der Waals surface area contributed by atoms with Crippen LogP contribution in [-0.4, -0.2) is 47.8 Å². The molecule has 0 bridgehead atoms. The van der Waals surface area contributed by atoms with E-state index < -0.39 is 0 Å². The molecule has 1 fully saturated rings. The van der Waals surface area contributed by atoms with Crippen LogP contribution in [0.3, 0.4) is 0 Å². The average Bonchev–Trinajstić information content (AvgIpc) is 3.14. The monoisotopic (exact) mass is 434 g/mol. The maximum Gasteiger partial charge on any atom is 0.254 e. The molecule has 4 aromatic rings. The number of hydrogen-bond acceptors (Lipinski definition) is 2. The standard InChI is InChI=1S/C29H26N2O2/c32-28(25-16-14-23(15-17-25)22-8-2-1-3-9-22)30-18-7-19-31(21-20-30)29(33)27-13-6-11-24-10-4-5-12-26(24)27/h1-6,8-17H,7,18-21H2. The highest BCUT2D eigenvalue weighted by Gasteiger charge is 2.24. The number of hydrogen-bond donors (Lipinski definition) is 0. The Bertz CT molecular complexity index is 1280. The molecule has 0 unspecified atom stereocenters. The Hall–Kier alpha value is -3.92. The number of rotatable bonds is 3. The van der Waals surface area contributed by atoms with Crippen LogP contribution in [-0.2, 0) is 0 Å². The Balaban J connectivity index is 1.28. The maximum absolute atomic E-state index is 13.3. The van der Waals surface area contributed by atoms with Gasteiger partial charge in [-0.15, -0.1) is 0 Å². The Kier molecular flexibility index (Phi) is 5.90. The van der Waals surface area contributed by atoms with Gasteiger partial charge in [0.25, 0.3) is 11.8 Å². The van der Waals surface area contributed by atoms with E-state index in [0.29, 0.717) is 31.7 Å². The van der Waals surface area contributed by atoms with Crippen molar-refractivity contribution in [3.8, 4) is 11.1 Å². The van der Waals surface area contributed by atoms with Crippen LogP contribution in [0, 0.1) is 0 Å². The first-order valence-electron chi connectivity index (χ1n) is 11.4. The molecular weight excluding hydrogens is 408 g/mol. The van der Waals surface area contributed by atoms with E-state index >= 15 is 0 Å². The number of benzene rings is 4. The molecule has 5 rings (SSSR count). The zero-order valence-corrected chi connectivity index (χ0v) is 18.5. The first-order valence-corrected chi connectivity index (χ1v) is 11.4. The van der Waals surface area contributed by atoms with E-state index in [2.05, 4.69) is 12.1 Å². The second-order valence-electron chi connectivity index (χ2n) is 8.41. The highest BCUT2D eigenvalue weighted by molar-refractivity contribution is 6.07. The van der Waals surface area contributed by atoms with E-state index in [1.54, 1.807) is 0 Å². The Morgan fingerprint density at radius 3 is 1.91 bits per heavy atom. The molecule has 0 aromatic heterocycles. The lowest BCUT2D eigenvalue weighted by atomic mass is 10.0. The topological polar surface area (TPSA) is 40.6 Å². The Labute approximate surface area is 194 Å². The quantitative estimate of drug-likeness (QED) is 0.427. The summed E-state index contributed by atoms with van der Waals surface area (Å²) in [6.45, 7) is 2.38. The number of nitrogens with zero attached hydrogens (tertiary/aromatic N) is 2. The van der Waals surface area contributed by atoms with Crippen molar-refractivity contribution in [3.05, 3.63) is 108 Å². The first-order chi connectivity index (χ1) is 16.2. The normalized spacial score (nSPS) is 14.2. The van der Waals surface area contributed by atoms with Crippen molar-refractivity contribution < 1.29 is 9.59 Å². The number of carbonyl (C=O) groups excluding carboxylic acids is 2. The van der Waals surface area contributed by atoms with Crippen LogP contribution in [0.4, 0.5) is 0 Å². The van der Waals surface area contributed by atoms with Gasteiger partial charge in [0, 0.05) is 37.3 Å². The number of fused-ring (bicyclic) bond motifs is 1. The summed E-state index contributed by atoms with van der Waals surface area (Å²) in [5, 5.41) is 2.04. The van der Waals surface area contributed by atoms with Crippen molar-refractivity contribution in [2.45, 2.75) is 6.42 Å². The molecule has 2 amide bonds. The lowest BCUT2D eigenvalue weighted by Gasteiger charge is -2.23. The summed E-state index contributed by atoms with van der Waals surface area (Å²) < 4.78 is 0. The van der Waals surface area contributed by atoms with Crippen LogP contribution >= 0.6 is 0 Å².